The third-order valence-electron chi connectivity index (χ3n) is 7.65. The highest BCUT2D eigenvalue weighted by molar-refractivity contribution is 5.79. The van der Waals surface area contributed by atoms with E-state index in [1.165, 1.54) is 22.5 Å². The SMILES string of the molecule is COc1ccc(N2CCc3cccc(N4CCN(C(=O)Cn5cnc6cccnc65)C(C)C4)c3C2)cc1. The minimum absolute atomic E-state index is 0.109. The van der Waals surface area contributed by atoms with Gasteiger partial charge in [0, 0.05) is 56.3 Å². The zero-order valence-corrected chi connectivity index (χ0v) is 21.4. The average molecular weight is 497 g/mol. The maximum absolute atomic E-state index is 13.3. The van der Waals surface area contributed by atoms with Crippen molar-refractivity contribution < 1.29 is 9.53 Å². The molecule has 0 aliphatic carbocycles. The summed E-state index contributed by atoms with van der Waals surface area (Å²) in [5.74, 6) is 0.985. The number of imidazole rings is 1. The fourth-order valence-electron chi connectivity index (χ4n) is 5.67. The van der Waals surface area contributed by atoms with E-state index in [-0.39, 0.29) is 18.5 Å². The topological polar surface area (TPSA) is 66.7 Å². The fourth-order valence-corrected chi connectivity index (χ4v) is 5.67. The highest BCUT2D eigenvalue weighted by Crippen LogP contribution is 2.33. The number of carbonyl (C=O) groups is 1. The minimum Gasteiger partial charge on any atom is -0.497 e. The molecule has 8 nitrogen and oxygen atoms in total. The molecule has 1 saturated heterocycles. The van der Waals surface area contributed by atoms with Crippen LogP contribution in [0.25, 0.3) is 11.2 Å². The van der Waals surface area contributed by atoms with E-state index >= 15 is 0 Å². The number of carbonyl (C=O) groups excluding carboxylic acids is 1. The number of piperazine rings is 1. The molecule has 2 aliphatic heterocycles. The van der Waals surface area contributed by atoms with Gasteiger partial charge in [-0.3, -0.25) is 4.79 Å². The highest BCUT2D eigenvalue weighted by atomic mass is 16.5. The van der Waals surface area contributed by atoms with E-state index in [9.17, 15) is 4.79 Å². The second-order valence-electron chi connectivity index (χ2n) is 9.89. The number of anilines is 2. The Kier molecular flexibility index (Phi) is 6.16. The van der Waals surface area contributed by atoms with Gasteiger partial charge in [-0.05, 0) is 66.9 Å². The zero-order valence-electron chi connectivity index (χ0n) is 21.4. The molecule has 2 aromatic carbocycles. The standard InChI is InChI=1S/C29H32N6O2/c1-21-17-33(15-16-35(21)28(36)19-34-20-31-26-6-4-13-30-29(26)34)27-7-3-5-22-12-14-32(18-25(22)27)23-8-10-24(37-2)11-9-23/h3-11,13,20-21H,12,14-19H2,1-2H3. The van der Waals surface area contributed by atoms with Crippen LogP contribution in [0.3, 0.4) is 0 Å². The minimum atomic E-state index is 0.109. The summed E-state index contributed by atoms with van der Waals surface area (Å²) >= 11 is 0. The molecular formula is C29H32N6O2. The first-order valence-corrected chi connectivity index (χ1v) is 12.9. The van der Waals surface area contributed by atoms with Gasteiger partial charge in [-0.15, -0.1) is 0 Å². The summed E-state index contributed by atoms with van der Waals surface area (Å²) in [7, 11) is 1.70. The molecule has 0 saturated carbocycles. The molecule has 0 N–H and O–H groups in total. The first-order chi connectivity index (χ1) is 18.1. The van der Waals surface area contributed by atoms with Crippen LogP contribution in [0.15, 0.2) is 67.1 Å². The lowest BCUT2D eigenvalue weighted by Gasteiger charge is -2.43. The number of hydrogen-bond donors (Lipinski definition) is 0. The Bertz CT molecular complexity index is 1420. The Morgan fingerprint density at radius 1 is 1.00 bits per heavy atom. The number of benzene rings is 2. The Morgan fingerprint density at radius 2 is 1.86 bits per heavy atom. The number of methoxy groups -OCH3 is 1. The second kappa shape index (κ2) is 9.76. The number of aromatic nitrogens is 3. The van der Waals surface area contributed by atoms with E-state index in [0.717, 1.165) is 49.5 Å². The van der Waals surface area contributed by atoms with E-state index in [2.05, 4.69) is 57.0 Å². The van der Waals surface area contributed by atoms with E-state index in [1.807, 2.05) is 33.7 Å². The molecule has 2 aliphatic rings. The third-order valence-corrected chi connectivity index (χ3v) is 7.65. The molecule has 0 radical (unpaired) electrons. The molecule has 0 bridgehead atoms. The van der Waals surface area contributed by atoms with Crippen molar-refractivity contribution in [2.24, 2.45) is 0 Å². The van der Waals surface area contributed by atoms with Crippen molar-refractivity contribution in [3.63, 3.8) is 0 Å². The lowest BCUT2D eigenvalue weighted by Crippen LogP contribution is -2.55. The van der Waals surface area contributed by atoms with Crippen molar-refractivity contribution in [1.29, 1.82) is 0 Å². The lowest BCUT2D eigenvalue weighted by molar-refractivity contribution is -0.134. The Labute approximate surface area is 217 Å². The van der Waals surface area contributed by atoms with Crippen molar-refractivity contribution in [3.05, 3.63) is 78.2 Å². The normalized spacial score (nSPS) is 17.7. The predicted octanol–water partition coefficient (Wildman–Crippen LogP) is 3.74. The number of amides is 1. The number of rotatable bonds is 5. The predicted molar refractivity (Wildman–Crippen MR) is 145 cm³/mol. The van der Waals surface area contributed by atoms with Crippen LogP contribution in [0.4, 0.5) is 11.4 Å². The number of pyridine rings is 1. The molecule has 37 heavy (non-hydrogen) atoms. The Balaban J connectivity index is 1.16. The molecule has 8 heteroatoms. The van der Waals surface area contributed by atoms with Gasteiger partial charge in [0.1, 0.15) is 17.8 Å². The van der Waals surface area contributed by atoms with Crippen LogP contribution in [0.2, 0.25) is 0 Å². The second-order valence-corrected chi connectivity index (χ2v) is 9.89. The highest BCUT2D eigenvalue weighted by Gasteiger charge is 2.30. The maximum atomic E-state index is 13.3. The van der Waals surface area contributed by atoms with Gasteiger partial charge in [0.25, 0.3) is 0 Å². The molecular weight excluding hydrogens is 464 g/mol. The van der Waals surface area contributed by atoms with Crippen molar-refractivity contribution in [3.8, 4) is 5.75 Å². The monoisotopic (exact) mass is 496 g/mol. The molecule has 2 aromatic heterocycles. The van der Waals surface area contributed by atoms with Crippen LogP contribution >= 0.6 is 0 Å². The molecule has 1 unspecified atom stereocenters. The van der Waals surface area contributed by atoms with Crippen molar-refractivity contribution in [1.82, 2.24) is 19.4 Å². The summed E-state index contributed by atoms with van der Waals surface area (Å²) in [6, 6.07) is 18.9. The number of nitrogens with zero attached hydrogens (tertiary/aromatic N) is 6. The van der Waals surface area contributed by atoms with Crippen LogP contribution in [0.5, 0.6) is 5.75 Å². The fraction of sp³-hybridized carbons (Fsp3) is 0.345. The summed E-state index contributed by atoms with van der Waals surface area (Å²) in [4.78, 5) is 28.9. The molecule has 4 aromatic rings. The van der Waals surface area contributed by atoms with Crippen LogP contribution in [-0.2, 0) is 24.3 Å². The quantitative estimate of drug-likeness (QED) is 0.419. The van der Waals surface area contributed by atoms with Gasteiger partial charge in [-0.25, -0.2) is 9.97 Å². The van der Waals surface area contributed by atoms with Gasteiger partial charge in [-0.1, -0.05) is 12.1 Å². The van der Waals surface area contributed by atoms with E-state index in [0.29, 0.717) is 6.54 Å². The molecule has 6 rings (SSSR count). The summed E-state index contributed by atoms with van der Waals surface area (Å²) in [6.45, 7) is 6.62. The van der Waals surface area contributed by atoms with Crippen molar-refractivity contribution in [2.45, 2.75) is 32.5 Å². The molecule has 0 spiro atoms. The number of hydrogen-bond acceptors (Lipinski definition) is 6. The third kappa shape index (κ3) is 4.48. The summed E-state index contributed by atoms with van der Waals surface area (Å²) < 4.78 is 7.18. The van der Waals surface area contributed by atoms with Gasteiger partial charge in [0.2, 0.25) is 5.91 Å². The molecule has 1 fully saturated rings. The van der Waals surface area contributed by atoms with E-state index in [1.54, 1.807) is 19.6 Å². The summed E-state index contributed by atoms with van der Waals surface area (Å²) in [5.41, 5.74) is 6.89. The molecule has 1 atom stereocenters. The Hall–Kier alpha value is -4.07. The number of fused-ring (bicyclic) bond motifs is 2. The van der Waals surface area contributed by atoms with Gasteiger partial charge < -0.3 is 24.0 Å². The van der Waals surface area contributed by atoms with Crippen molar-refractivity contribution >= 4 is 28.4 Å². The van der Waals surface area contributed by atoms with Crippen LogP contribution < -0.4 is 14.5 Å². The average Bonchev–Trinajstić information content (AvgIpc) is 3.35. The molecule has 190 valence electrons. The largest absolute Gasteiger partial charge is 0.497 e. The first kappa shape index (κ1) is 23.3. The van der Waals surface area contributed by atoms with Crippen LogP contribution in [0, 0.1) is 0 Å². The zero-order chi connectivity index (χ0) is 25.4. The van der Waals surface area contributed by atoms with Gasteiger partial charge in [0.05, 0.1) is 13.4 Å². The van der Waals surface area contributed by atoms with Gasteiger partial charge in [-0.2, -0.15) is 0 Å². The van der Waals surface area contributed by atoms with E-state index in [4.69, 9.17) is 4.74 Å². The van der Waals surface area contributed by atoms with Crippen LogP contribution in [-0.4, -0.2) is 64.7 Å². The molecule has 1 amide bonds. The smallest absolute Gasteiger partial charge is 0.242 e. The maximum Gasteiger partial charge on any atom is 0.242 e. The summed E-state index contributed by atoms with van der Waals surface area (Å²) in [6.07, 6.45) is 4.47. The summed E-state index contributed by atoms with van der Waals surface area (Å²) in [5, 5.41) is 0. The number of ether oxygens (including phenoxy) is 1. The first-order valence-electron chi connectivity index (χ1n) is 12.9. The van der Waals surface area contributed by atoms with Gasteiger partial charge >= 0.3 is 0 Å². The van der Waals surface area contributed by atoms with Crippen molar-refractivity contribution in [2.75, 3.05) is 43.1 Å². The lowest BCUT2D eigenvalue weighted by atomic mass is 9.96. The Morgan fingerprint density at radius 3 is 2.68 bits per heavy atom. The van der Waals surface area contributed by atoms with E-state index < -0.39 is 0 Å². The molecule has 4 heterocycles. The van der Waals surface area contributed by atoms with Crippen LogP contribution in [0.1, 0.15) is 18.1 Å². The van der Waals surface area contributed by atoms with Gasteiger partial charge in [0.15, 0.2) is 5.65 Å².